The second kappa shape index (κ2) is 7.06. The van der Waals surface area contributed by atoms with Crippen LogP contribution in [0.1, 0.15) is 24.8 Å². The van der Waals surface area contributed by atoms with E-state index in [9.17, 15) is 8.42 Å². The Hall–Kier alpha value is -2.05. The minimum atomic E-state index is -3.68. The zero-order valence-electron chi connectivity index (χ0n) is 14.5. The van der Waals surface area contributed by atoms with Crippen LogP contribution in [-0.2, 0) is 15.4 Å². The van der Waals surface area contributed by atoms with Crippen LogP contribution in [0.15, 0.2) is 53.4 Å². The van der Waals surface area contributed by atoms with Crippen LogP contribution < -0.4 is 14.2 Å². The van der Waals surface area contributed by atoms with Crippen molar-refractivity contribution >= 4 is 10.0 Å². The van der Waals surface area contributed by atoms with Gasteiger partial charge >= 0.3 is 0 Å². The van der Waals surface area contributed by atoms with E-state index in [1.165, 1.54) is 25.8 Å². The van der Waals surface area contributed by atoms with Crippen molar-refractivity contribution in [2.24, 2.45) is 0 Å². The number of ether oxygens (including phenoxy) is 2. The summed E-state index contributed by atoms with van der Waals surface area (Å²) >= 11 is 0. The van der Waals surface area contributed by atoms with E-state index in [0.717, 1.165) is 19.3 Å². The third kappa shape index (κ3) is 3.50. The molecule has 1 saturated carbocycles. The standard InChI is InChI=1S/C19H23NO4S/c1-23-16-9-10-18(17(13-16)24-2)25(21,22)20-14-19(11-6-12-19)15-7-4-3-5-8-15/h3-5,7-10,13,20H,6,11-12,14H2,1-2H3. The molecule has 0 aliphatic heterocycles. The molecule has 1 aliphatic carbocycles. The van der Waals surface area contributed by atoms with Crippen LogP contribution in [0.5, 0.6) is 11.5 Å². The number of hydrogen-bond acceptors (Lipinski definition) is 4. The SMILES string of the molecule is COc1ccc(S(=O)(=O)NCC2(c3ccccc3)CCC2)c(OC)c1. The molecule has 0 aromatic heterocycles. The van der Waals surface area contributed by atoms with Gasteiger partial charge in [-0.05, 0) is 30.5 Å². The van der Waals surface area contributed by atoms with Crippen LogP contribution in [0, 0.1) is 0 Å². The van der Waals surface area contributed by atoms with Crippen LogP contribution in [0.2, 0.25) is 0 Å². The van der Waals surface area contributed by atoms with E-state index < -0.39 is 10.0 Å². The highest BCUT2D eigenvalue weighted by atomic mass is 32.2. The summed E-state index contributed by atoms with van der Waals surface area (Å²) in [4.78, 5) is 0.123. The Balaban J connectivity index is 1.83. The summed E-state index contributed by atoms with van der Waals surface area (Å²) in [7, 11) is -0.697. The number of rotatable bonds is 7. The molecule has 0 heterocycles. The monoisotopic (exact) mass is 361 g/mol. The van der Waals surface area contributed by atoms with Gasteiger partial charge in [-0.3, -0.25) is 0 Å². The van der Waals surface area contributed by atoms with Crippen molar-refractivity contribution in [2.45, 2.75) is 29.6 Å². The van der Waals surface area contributed by atoms with Crippen LogP contribution >= 0.6 is 0 Å². The van der Waals surface area contributed by atoms with E-state index in [0.29, 0.717) is 12.3 Å². The normalized spacial score (nSPS) is 16.1. The molecule has 6 heteroatoms. The highest BCUT2D eigenvalue weighted by Gasteiger charge is 2.39. The lowest BCUT2D eigenvalue weighted by atomic mass is 9.64. The lowest BCUT2D eigenvalue weighted by Gasteiger charge is -2.42. The van der Waals surface area contributed by atoms with E-state index in [2.05, 4.69) is 16.9 Å². The first-order chi connectivity index (χ1) is 12.0. The molecular weight excluding hydrogens is 338 g/mol. The molecule has 134 valence electrons. The molecule has 2 aromatic rings. The minimum Gasteiger partial charge on any atom is -0.497 e. The van der Waals surface area contributed by atoms with E-state index in [4.69, 9.17) is 9.47 Å². The fraction of sp³-hybridized carbons (Fsp3) is 0.368. The average molecular weight is 361 g/mol. The first kappa shape index (κ1) is 17.8. The number of benzene rings is 2. The van der Waals surface area contributed by atoms with E-state index in [-0.39, 0.29) is 16.1 Å². The Labute approximate surface area is 149 Å². The van der Waals surface area contributed by atoms with Gasteiger partial charge in [0.25, 0.3) is 0 Å². The van der Waals surface area contributed by atoms with Gasteiger partial charge in [0.05, 0.1) is 14.2 Å². The Bertz CT molecular complexity index is 830. The Kier molecular flexibility index (Phi) is 5.01. The van der Waals surface area contributed by atoms with Crippen molar-refractivity contribution in [1.29, 1.82) is 0 Å². The Morgan fingerprint density at radius 3 is 2.32 bits per heavy atom. The molecule has 0 bridgehead atoms. The molecule has 2 aromatic carbocycles. The molecule has 25 heavy (non-hydrogen) atoms. The van der Waals surface area contributed by atoms with Gasteiger partial charge in [0.15, 0.2) is 0 Å². The predicted octanol–water partition coefficient (Wildman–Crippen LogP) is 3.10. The van der Waals surface area contributed by atoms with Crippen LogP contribution in [0.4, 0.5) is 0 Å². The third-order valence-electron chi connectivity index (χ3n) is 4.96. The molecule has 1 N–H and O–H groups in total. The first-order valence-electron chi connectivity index (χ1n) is 8.28. The van der Waals surface area contributed by atoms with Gasteiger partial charge < -0.3 is 9.47 Å². The molecule has 3 rings (SSSR count). The molecule has 5 nitrogen and oxygen atoms in total. The molecule has 1 aliphatic rings. The number of methoxy groups -OCH3 is 2. The van der Waals surface area contributed by atoms with E-state index in [1.54, 1.807) is 12.1 Å². The molecule has 0 atom stereocenters. The molecule has 0 amide bonds. The van der Waals surface area contributed by atoms with Crippen molar-refractivity contribution in [3.05, 3.63) is 54.1 Å². The van der Waals surface area contributed by atoms with Gasteiger partial charge in [0.1, 0.15) is 16.4 Å². The van der Waals surface area contributed by atoms with Crippen molar-refractivity contribution in [3.8, 4) is 11.5 Å². The van der Waals surface area contributed by atoms with Crippen LogP contribution in [-0.4, -0.2) is 29.2 Å². The summed E-state index contributed by atoms with van der Waals surface area (Å²) in [6.45, 7) is 0.383. The second-order valence-electron chi connectivity index (χ2n) is 6.34. The number of sulfonamides is 1. The van der Waals surface area contributed by atoms with Gasteiger partial charge in [-0.15, -0.1) is 0 Å². The topological polar surface area (TPSA) is 64.6 Å². The van der Waals surface area contributed by atoms with Gasteiger partial charge in [0.2, 0.25) is 10.0 Å². The van der Waals surface area contributed by atoms with Crippen molar-refractivity contribution in [3.63, 3.8) is 0 Å². The van der Waals surface area contributed by atoms with Gasteiger partial charge in [-0.1, -0.05) is 36.8 Å². The quantitative estimate of drug-likeness (QED) is 0.823. The molecule has 0 unspecified atom stereocenters. The van der Waals surface area contributed by atoms with Crippen LogP contribution in [0.3, 0.4) is 0 Å². The fourth-order valence-electron chi connectivity index (χ4n) is 3.27. The van der Waals surface area contributed by atoms with E-state index in [1.807, 2.05) is 18.2 Å². The van der Waals surface area contributed by atoms with Crippen molar-refractivity contribution < 1.29 is 17.9 Å². The summed E-state index contributed by atoms with van der Waals surface area (Å²) in [6, 6.07) is 14.8. The largest absolute Gasteiger partial charge is 0.497 e. The lowest BCUT2D eigenvalue weighted by Crippen LogP contribution is -2.45. The zero-order valence-corrected chi connectivity index (χ0v) is 15.3. The molecular formula is C19H23NO4S. The summed E-state index contributed by atoms with van der Waals surface area (Å²) < 4.78 is 38.7. The van der Waals surface area contributed by atoms with Crippen LogP contribution in [0.25, 0.3) is 0 Å². The molecule has 1 fully saturated rings. The maximum absolute atomic E-state index is 12.8. The summed E-state index contributed by atoms with van der Waals surface area (Å²) in [5.74, 6) is 0.824. The minimum absolute atomic E-state index is 0.117. The third-order valence-corrected chi connectivity index (χ3v) is 6.40. The van der Waals surface area contributed by atoms with Gasteiger partial charge in [-0.2, -0.15) is 0 Å². The summed E-state index contributed by atoms with van der Waals surface area (Å²) in [6.07, 6.45) is 3.08. The van der Waals surface area contributed by atoms with Gasteiger partial charge in [0, 0.05) is 18.0 Å². The Morgan fingerprint density at radius 2 is 1.76 bits per heavy atom. The summed E-state index contributed by atoms with van der Waals surface area (Å²) in [5.41, 5.74) is 1.07. The van der Waals surface area contributed by atoms with Crippen molar-refractivity contribution in [1.82, 2.24) is 4.72 Å². The molecule has 0 saturated heterocycles. The highest BCUT2D eigenvalue weighted by molar-refractivity contribution is 7.89. The highest BCUT2D eigenvalue weighted by Crippen LogP contribution is 2.43. The maximum Gasteiger partial charge on any atom is 0.244 e. The fourth-order valence-corrected chi connectivity index (χ4v) is 4.55. The number of hydrogen-bond donors (Lipinski definition) is 1. The van der Waals surface area contributed by atoms with Crippen molar-refractivity contribution in [2.75, 3.05) is 20.8 Å². The Morgan fingerprint density at radius 1 is 1.04 bits per heavy atom. The van der Waals surface area contributed by atoms with Gasteiger partial charge in [-0.25, -0.2) is 13.1 Å². The maximum atomic E-state index is 12.8. The first-order valence-corrected chi connectivity index (χ1v) is 9.76. The number of nitrogens with one attached hydrogen (secondary N) is 1. The zero-order chi connectivity index (χ0) is 17.9. The lowest BCUT2D eigenvalue weighted by molar-refractivity contribution is 0.245. The smallest absolute Gasteiger partial charge is 0.244 e. The van der Waals surface area contributed by atoms with E-state index >= 15 is 0 Å². The summed E-state index contributed by atoms with van der Waals surface area (Å²) in [5, 5.41) is 0. The molecule has 0 spiro atoms. The predicted molar refractivity (Wildman–Crippen MR) is 96.7 cm³/mol. The molecule has 0 radical (unpaired) electrons. The average Bonchev–Trinajstić information content (AvgIpc) is 2.61. The second-order valence-corrected chi connectivity index (χ2v) is 8.08.